The Kier molecular flexibility index (Phi) is 3.33. The number of aromatic carboxylic acids is 1. The summed E-state index contributed by atoms with van der Waals surface area (Å²) >= 11 is 9.18. The van der Waals surface area contributed by atoms with Crippen molar-refractivity contribution in [3.05, 3.63) is 34.3 Å². The van der Waals surface area contributed by atoms with Gasteiger partial charge in [-0.1, -0.05) is 33.6 Å². The zero-order valence-electron chi connectivity index (χ0n) is 6.92. The number of carboxylic acids is 1. The number of alkyl halides is 1. The topological polar surface area (TPSA) is 37.3 Å². The fraction of sp³-hybridized carbons (Fsp3) is 0.222. The van der Waals surface area contributed by atoms with Crippen LogP contribution in [0, 0.1) is 0 Å². The van der Waals surface area contributed by atoms with E-state index in [1.54, 1.807) is 18.2 Å². The smallest absolute Gasteiger partial charge is 0.336 e. The molecule has 0 radical (unpaired) electrons. The summed E-state index contributed by atoms with van der Waals surface area (Å²) in [5.74, 6) is -0.955. The maximum Gasteiger partial charge on any atom is 0.336 e. The van der Waals surface area contributed by atoms with Crippen molar-refractivity contribution in [1.29, 1.82) is 0 Å². The largest absolute Gasteiger partial charge is 0.478 e. The highest BCUT2D eigenvalue weighted by atomic mass is 79.9. The van der Waals surface area contributed by atoms with Crippen LogP contribution >= 0.6 is 27.5 Å². The monoisotopic (exact) mass is 262 g/mol. The van der Waals surface area contributed by atoms with Crippen molar-refractivity contribution in [1.82, 2.24) is 0 Å². The van der Waals surface area contributed by atoms with Crippen LogP contribution in [0.3, 0.4) is 0 Å². The van der Waals surface area contributed by atoms with Crippen LogP contribution < -0.4 is 0 Å². The van der Waals surface area contributed by atoms with Gasteiger partial charge in [-0.25, -0.2) is 4.79 Å². The van der Waals surface area contributed by atoms with Gasteiger partial charge in [0.15, 0.2) is 0 Å². The van der Waals surface area contributed by atoms with Gasteiger partial charge < -0.3 is 5.11 Å². The third-order valence-corrected chi connectivity index (χ3v) is 2.47. The number of carboxylic acid groups (broad SMARTS) is 1. The van der Waals surface area contributed by atoms with Crippen LogP contribution in [-0.2, 0) is 0 Å². The molecule has 0 spiro atoms. The minimum atomic E-state index is -0.955. The molecule has 0 saturated heterocycles. The first-order valence-electron chi connectivity index (χ1n) is 3.69. The minimum Gasteiger partial charge on any atom is -0.478 e. The van der Waals surface area contributed by atoms with Gasteiger partial charge in [-0.2, -0.15) is 0 Å². The van der Waals surface area contributed by atoms with E-state index >= 15 is 0 Å². The highest BCUT2D eigenvalue weighted by molar-refractivity contribution is 9.09. The lowest BCUT2D eigenvalue weighted by Crippen LogP contribution is -2.03. The molecule has 1 aromatic carbocycles. The summed E-state index contributed by atoms with van der Waals surface area (Å²) in [5.41, 5.74) is 0.869. The van der Waals surface area contributed by atoms with Gasteiger partial charge in [0.05, 0.1) is 5.56 Å². The quantitative estimate of drug-likeness (QED) is 0.829. The molecule has 1 atom stereocenters. The first kappa shape index (κ1) is 10.5. The van der Waals surface area contributed by atoms with E-state index in [2.05, 4.69) is 15.9 Å². The van der Waals surface area contributed by atoms with Crippen molar-refractivity contribution in [2.75, 3.05) is 0 Å². The first-order chi connectivity index (χ1) is 6.04. The Morgan fingerprint density at radius 1 is 1.62 bits per heavy atom. The predicted octanol–water partition coefficient (Wildman–Crippen LogP) is 3.49. The number of carbonyl (C=O) groups is 1. The average Bonchev–Trinajstić information content (AvgIpc) is 2.02. The lowest BCUT2D eigenvalue weighted by Gasteiger charge is -2.09. The van der Waals surface area contributed by atoms with Crippen LogP contribution in [0.5, 0.6) is 0 Å². The maximum atomic E-state index is 10.8. The van der Waals surface area contributed by atoms with Gasteiger partial charge in [-0.05, 0) is 24.6 Å². The summed E-state index contributed by atoms with van der Waals surface area (Å²) in [5, 5.41) is 9.34. The second-order valence-electron chi connectivity index (χ2n) is 2.62. The van der Waals surface area contributed by atoms with E-state index in [0.29, 0.717) is 10.6 Å². The van der Waals surface area contributed by atoms with Gasteiger partial charge in [0, 0.05) is 9.85 Å². The van der Waals surface area contributed by atoms with E-state index in [-0.39, 0.29) is 10.4 Å². The average molecular weight is 264 g/mol. The fourth-order valence-electron chi connectivity index (χ4n) is 1.13. The molecule has 70 valence electrons. The highest BCUT2D eigenvalue weighted by Crippen LogP contribution is 2.31. The van der Waals surface area contributed by atoms with E-state index in [1.165, 1.54) is 0 Å². The van der Waals surface area contributed by atoms with E-state index in [0.717, 1.165) is 0 Å². The van der Waals surface area contributed by atoms with Crippen molar-refractivity contribution in [3.63, 3.8) is 0 Å². The molecule has 13 heavy (non-hydrogen) atoms. The van der Waals surface area contributed by atoms with Gasteiger partial charge in [-0.3, -0.25) is 0 Å². The molecule has 1 rings (SSSR count). The van der Waals surface area contributed by atoms with Crippen LogP contribution in [0.4, 0.5) is 0 Å². The summed E-state index contributed by atoms with van der Waals surface area (Å²) in [6.07, 6.45) is 0. The summed E-state index contributed by atoms with van der Waals surface area (Å²) < 4.78 is 0. The van der Waals surface area contributed by atoms with Gasteiger partial charge in [0.2, 0.25) is 0 Å². The van der Waals surface area contributed by atoms with Gasteiger partial charge in [-0.15, -0.1) is 0 Å². The Morgan fingerprint density at radius 3 is 2.62 bits per heavy atom. The zero-order chi connectivity index (χ0) is 10.0. The van der Waals surface area contributed by atoms with E-state index in [1.807, 2.05) is 6.92 Å². The molecule has 0 aliphatic carbocycles. The molecule has 1 unspecified atom stereocenters. The second-order valence-corrected chi connectivity index (χ2v) is 4.40. The van der Waals surface area contributed by atoms with Crippen LogP contribution in [-0.4, -0.2) is 11.1 Å². The fourth-order valence-corrected chi connectivity index (χ4v) is 2.09. The molecule has 1 aromatic rings. The Bertz CT molecular complexity index is 336. The van der Waals surface area contributed by atoms with Crippen LogP contribution in [0.25, 0.3) is 0 Å². The zero-order valence-corrected chi connectivity index (χ0v) is 9.26. The third-order valence-electron chi connectivity index (χ3n) is 1.68. The molecule has 4 heteroatoms. The second kappa shape index (κ2) is 4.11. The molecular weight excluding hydrogens is 255 g/mol. The van der Waals surface area contributed by atoms with Crippen molar-refractivity contribution in [2.24, 2.45) is 0 Å². The molecule has 0 amide bonds. The van der Waals surface area contributed by atoms with Crippen LogP contribution in [0.2, 0.25) is 5.02 Å². The summed E-state index contributed by atoms with van der Waals surface area (Å²) in [6, 6.07) is 4.85. The first-order valence-corrected chi connectivity index (χ1v) is 4.99. The summed E-state index contributed by atoms with van der Waals surface area (Å²) in [7, 11) is 0. The molecule has 0 aliphatic heterocycles. The van der Waals surface area contributed by atoms with Crippen LogP contribution in [0.1, 0.15) is 27.7 Å². The highest BCUT2D eigenvalue weighted by Gasteiger charge is 2.16. The van der Waals surface area contributed by atoms with Crippen LogP contribution in [0.15, 0.2) is 18.2 Å². The molecule has 2 nitrogen and oxygen atoms in total. The Morgan fingerprint density at radius 2 is 2.23 bits per heavy atom. The number of rotatable bonds is 2. The van der Waals surface area contributed by atoms with Gasteiger partial charge >= 0.3 is 5.97 Å². The molecule has 0 aromatic heterocycles. The number of halogens is 2. The SMILES string of the molecule is CC(Br)c1c(Cl)cccc1C(=O)O. The number of hydrogen-bond donors (Lipinski definition) is 1. The molecule has 1 N–H and O–H groups in total. The number of benzene rings is 1. The Hall–Kier alpha value is -0.540. The molecule has 0 saturated carbocycles. The van der Waals surface area contributed by atoms with E-state index in [9.17, 15) is 4.79 Å². The third kappa shape index (κ3) is 2.23. The van der Waals surface area contributed by atoms with Gasteiger partial charge in [0.1, 0.15) is 0 Å². The Balaban J connectivity index is 3.34. The normalized spacial score (nSPS) is 12.5. The number of hydrogen-bond acceptors (Lipinski definition) is 1. The maximum absolute atomic E-state index is 10.8. The minimum absolute atomic E-state index is 0.0627. The summed E-state index contributed by atoms with van der Waals surface area (Å²) in [6.45, 7) is 1.84. The van der Waals surface area contributed by atoms with Crippen molar-refractivity contribution >= 4 is 33.5 Å². The summed E-state index contributed by atoms with van der Waals surface area (Å²) in [4.78, 5) is 10.7. The standard InChI is InChI=1S/C9H8BrClO2/c1-5(10)8-6(9(12)13)3-2-4-7(8)11/h2-5H,1H3,(H,12,13). The van der Waals surface area contributed by atoms with E-state index in [4.69, 9.17) is 16.7 Å². The predicted molar refractivity (Wildman–Crippen MR) is 55.8 cm³/mol. The molecule has 0 fully saturated rings. The van der Waals surface area contributed by atoms with Crippen molar-refractivity contribution in [2.45, 2.75) is 11.8 Å². The van der Waals surface area contributed by atoms with E-state index < -0.39 is 5.97 Å². The molecular formula is C9H8BrClO2. The lowest BCUT2D eigenvalue weighted by atomic mass is 10.1. The van der Waals surface area contributed by atoms with Crippen molar-refractivity contribution in [3.8, 4) is 0 Å². The lowest BCUT2D eigenvalue weighted by molar-refractivity contribution is 0.0695. The molecule has 0 bridgehead atoms. The van der Waals surface area contributed by atoms with Gasteiger partial charge in [0.25, 0.3) is 0 Å². The molecule has 0 heterocycles. The Labute approximate surface area is 89.7 Å². The molecule has 0 aliphatic rings. The van der Waals surface area contributed by atoms with Crippen molar-refractivity contribution < 1.29 is 9.90 Å².